The Labute approximate surface area is 98.5 Å². The van der Waals surface area contributed by atoms with Crippen LogP contribution in [-0.4, -0.2) is 45.9 Å². The molecule has 7 nitrogen and oxygen atoms in total. The molecule has 0 bridgehead atoms. The Morgan fingerprint density at radius 1 is 1.47 bits per heavy atom. The number of carbonyl (C=O) groups is 1. The van der Waals surface area contributed by atoms with Gasteiger partial charge >= 0.3 is 5.97 Å². The third-order valence-corrected chi connectivity index (χ3v) is 1.83. The molecule has 0 aromatic carbocycles. The van der Waals surface area contributed by atoms with Gasteiger partial charge in [-0.15, -0.1) is 0 Å². The Bertz CT molecular complexity index is 359. The first-order valence-corrected chi connectivity index (χ1v) is 5.23. The van der Waals surface area contributed by atoms with E-state index in [2.05, 4.69) is 15.3 Å². The first-order valence-electron chi connectivity index (χ1n) is 5.23. The van der Waals surface area contributed by atoms with Crippen LogP contribution in [0.3, 0.4) is 0 Å². The molecule has 0 unspecified atom stereocenters. The highest BCUT2D eigenvalue weighted by molar-refractivity contribution is 5.66. The standard InChI is InChI=1S/C10H15N3O4/c14-4-5-17-9-7-11-6-8(13-9)12-3-1-2-10(15)16/h6-7,14H,1-5H2,(H,12,13)(H,15,16). The smallest absolute Gasteiger partial charge is 0.303 e. The van der Waals surface area contributed by atoms with Crippen LogP contribution in [0.2, 0.25) is 0 Å². The molecule has 94 valence electrons. The van der Waals surface area contributed by atoms with E-state index in [0.717, 1.165) is 0 Å². The first-order chi connectivity index (χ1) is 8.22. The lowest BCUT2D eigenvalue weighted by atomic mass is 10.3. The number of aromatic nitrogens is 2. The van der Waals surface area contributed by atoms with E-state index >= 15 is 0 Å². The van der Waals surface area contributed by atoms with Crippen molar-refractivity contribution in [3.63, 3.8) is 0 Å². The van der Waals surface area contributed by atoms with Gasteiger partial charge < -0.3 is 20.3 Å². The van der Waals surface area contributed by atoms with Crippen molar-refractivity contribution in [2.45, 2.75) is 12.8 Å². The normalized spacial score (nSPS) is 9.94. The van der Waals surface area contributed by atoms with Gasteiger partial charge in [0, 0.05) is 13.0 Å². The molecule has 0 saturated heterocycles. The molecule has 7 heteroatoms. The second-order valence-corrected chi connectivity index (χ2v) is 3.24. The summed E-state index contributed by atoms with van der Waals surface area (Å²) in [6, 6.07) is 0. The summed E-state index contributed by atoms with van der Waals surface area (Å²) in [4.78, 5) is 18.3. The maximum absolute atomic E-state index is 10.3. The van der Waals surface area contributed by atoms with Crippen LogP contribution in [0.4, 0.5) is 5.82 Å². The lowest BCUT2D eigenvalue weighted by Crippen LogP contribution is -2.08. The number of hydrogen-bond acceptors (Lipinski definition) is 6. The van der Waals surface area contributed by atoms with Crippen LogP contribution in [0.15, 0.2) is 12.4 Å². The number of carboxylic acid groups (broad SMARTS) is 1. The molecule has 0 saturated carbocycles. The van der Waals surface area contributed by atoms with Crippen molar-refractivity contribution >= 4 is 11.8 Å². The minimum atomic E-state index is -0.821. The monoisotopic (exact) mass is 241 g/mol. The van der Waals surface area contributed by atoms with Crippen molar-refractivity contribution in [3.8, 4) is 5.88 Å². The minimum Gasteiger partial charge on any atom is -0.481 e. The molecular weight excluding hydrogens is 226 g/mol. The third-order valence-electron chi connectivity index (χ3n) is 1.83. The van der Waals surface area contributed by atoms with E-state index in [9.17, 15) is 4.79 Å². The van der Waals surface area contributed by atoms with Crippen molar-refractivity contribution in [3.05, 3.63) is 12.4 Å². The highest BCUT2D eigenvalue weighted by Crippen LogP contribution is 2.08. The van der Waals surface area contributed by atoms with Gasteiger partial charge in [-0.2, -0.15) is 4.98 Å². The fraction of sp³-hybridized carbons (Fsp3) is 0.500. The summed E-state index contributed by atoms with van der Waals surface area (Å²) in [6.07, 6.45) is 3.59. The number of aliphatic hydroxyl groups excluding tert-OH is 1. The van der Waals surface area contributed by atoms with E-state index in [1.54, 1.807) is 0 Å². The average Bonchev–Trinajstić information content (AvgIpc) is 2.32. The average molecular weight is 241 g/mol. The lowest BCUT2D eigenvalue weighted by Gasteiger charge is -2.06. The summed E-state index contributed by atoms with van der Waals surface area (Å²) < 4.78 is 5.08. The van der Waals surface area contributed by atoms with Crippen LogP contribution in [-0.2, 0) is 4.79 Å². The molecule has 0 spiro atoms. The van der Waals surface area contributed by atoms with Crippen LogP contribution < -0.4 is 10.1 Å². The Morgan fingerprint density at radius 2 is 2.29 bits per heavy atom. The molecule has 3 N–H and O–H groups in total. The number of nitrogens with zero attached hydrogens (tertiary/aromatic N) is 2. The van der Waals surface area contributed by atoms with E-state index in [1.807, 2.05) is 0 Å². The van der Waals surface area contributed by atoms with Gasteiger partial charge in [-0.05, 0) is 6.42 Å². The van der Waals surface area contributed by atoms with Gasteiger partial charge in [-0.3, -0.25) is 9.78 Å². The molecule has 0 aliphatic carbocycles. The summed E-state index contributed by atoms with van der Waals surface area (Å²) in [6.45, 7) is 0.583. The van der Waals surface area contributed by atoms with E-state index in [4.69, 9.17) is 14.9 Å². The summed E-state index contributed by atoms with van der Waals surface area (Å²) in [5, 5.41) is 20.0. The Kier molecular flexibility index (Phi) is 5.73. The largest absolute Gasteiger partial charge is 0.481 e. The second-order valence-electron chi connectivity index (χ2n) is 3.24. The molecule has 17 heavy (non-hydrogen) atoms. The van der Waals surface area contributed by atoms with E-state index in [0.29, 0.717) is 24.7 Å². The van der Waals surface area contributed by atoms with Gasteiger partial charge in [0.15, 0.2) is 0 Å². The van der Waals surface area contributed by atoms with Crippen molar-refractivity contribution in [1.82, 2.24) is 9.97 Å². The molecular formula is C10H15N3O4. The number of hydrogen-bond donors (Lipinski definition) is 3. The number of aliphatic carboxylic acids is 1. The fourth-order valence-electron chi connectivity index (χ4n) is 1.11. The van der Waals surface area contributed by atoms with Gasteiger partial charge in [0.1, 0.15) is 12.4 Å². The predicted molar refractivity (Wildman–Crippen MR) is 60.0 cm³/mol. The van der Waals surface area contributed by atoms with Crippen LogP contribution >= 0.6 is 0 Å². The lowest BCUT2D eigenvalue weighted by molar-refractivity contribution is -0.137. The molecule has 0 fully saturated rings. The predicted octanol–water partition coefficient (Wildman–Crippen LogP) is 0.124. The molecule has 0 atom stereocenters. The Morgan fingerprint density at radius 3 is 3.00 bits per heavy atom. The van der Waals surface area contributed by atoms with E-state index in [1.165, 1.54) is 12.4 Å². The van der Waals surface area contributed by atoms with Crippen molar-refractivity contribution in [2.75, 3.05) is 25.1 Å². The first kappa shape index (κ1) is 13.2. The van der Waals surface area contributed by atoms with Crippen molar-refractivity contribution in [1.29, 1.82) is 0 Å². The van der Waals surface area contributed by atoms with Crippen molar-refractivity contribution in [2.24, 2.45) is 0 Å². The van der Waals surface area contributed by atoms with Gasteiger partial charge in [-0.25, -0.2) is 0 Å². The summed E-state index contributed by atoms with van der Waals surface area (Å²) in [5.74, 6) is 0.0195. The number of anilines is 1. The van der Waals surface area contributed by atoms with Crippen LogP contribution in [0.1, 0.15) is 12.8 Å². The molecule has 0 aliphatic rings. The quantitative estimate of drug-likeness (QED) is 0.555. The Hall–Kier alpha value is -1.89. The highest BCUT2D eigenvalue weighted by Gasteiger charge is 2.00. The minimum absolute atomic E-state index is 0.0854. The Balaban J connectivity index is 2.34. The van der Waals surface area contributed by atoms with Crippen LogP contribution in [0.5, 0.6) is 5.88 Å². The molecule has 0 aliphatic heterocycles. The van der Waals surface area contributed by atoms with Crippen LogP contribution in [0, 0.1) is 0 Å². The summed E-state index contributed by atoms with van der Waals surface area (Å²) >= 11 is 0. The molecule has 1 heterocycles. The summed E-state index contributed by atoms with van der Waals surface area (Å²) in [7, 11) is 0. The SMILES string of the molecule is O=C(O)CCCNc1cncc(OCCO)n1. The maximum Gasteiger partial charge on any atom is 0.303 e. The molecule has 1 aromatic heterocycles. The fourth-order valence-corrected chi connectivity index (χ4v) is 1.11. The van der Waals surface area contributed by atoms with Gasteiger partial charge in [0.25, 0.3) is 0 Å². The zero-order chi connectivity index (χ0) is 12.5. The molecule has 1 rings (SSSR count). The second kappa shape index (κ2) is 7.39. The van der Waals surface area contributed by atoms with Crippen LogP contribution in [0.25, 0.3) is 0 Å². The number of ether oxygens (including phenoxy) is 1. The maximum atomic E-state index is 10.3. The molecule has 0 radical (unpaired) electrons. The number of rotatable bonds is 8. The zero-order valence-corrected chi connectivity index (χ0v) is 9.30. The van der Waals surface area contributed by atoms with Gasteiger partial charge in [-0.1, -0.05) is 0 Å². The molecule has 1 aromatic rings. The molecule has 0 amide bonds. The number of nitrogens with one attached hydrogen (secondary N) is 1. The van der Waals surface area contributed by atoms with E-state index in [-0.39, 0.29) is 19.6 Å². The zero-order valence-electron chi connectivity index (χ0n) is 9.30. The number of aliphatic hydroxyl groups is 1. The van der Waals surface area contributed by atoms with E-state index < -0.39 is 5.97 Å². The number of carboxylic acids is 1. The third kappa shape index (κ3) is 5.67. The van der Waals surface area contributed by atoms with Gasteiger partial charge in [0.05, 0.1) is 19.0 Å². The van der Waals surface area contributed by atoms with Crippen molar-refractivity contribution < 1.29 is 19.7 Å². The topological polar surface area (TPSA) is 105 Å². The van der Waals surface area contributed by atoms with Gasteiger partial charge in [0.2, 0.25) is 5.88 Å². The highest BCUT2D eigenvalue weighted by atomic mass is 16.5. The summed E-state index contributed by atoms with van der Waals surface area (Å²) in [5.41, 5.74) is 0.